The van der Waals surface area contributed by atoms with Gasteiger partial charge in [0.05, 0.1) is 27.3 Å². The first-order chi connectivity index (χ1) is 13.9. The summed E-state index contributed by atoms with van der Waals surface area (Å²) in [6, 6.07) is 8.51. The number of unbranched alkanes of at least 4 members (excludes halogenated alkanes) is 5. The largest absolute Gasteiger partial charge is 0.477 e. The first-order valence-electron chi connectivity index (χ1n) is 9.86. The molecule has 0 aliphatic rings. The number of fused-ring (bicyclic) bond motifs is 1. The van der Waals surface area contributed by atoms with Gasteiger partial charge in [0.25, 0.3) is 0 Å². The molecule has 0 aliphatic carbocycles. The number of hydrogen-bond donors (Lipinski definition) is 0. The van der Waals surface area contributed by atoms with Crippen molar-refractivity contribution < 1.29 is 4.74 Å². The van der Waals surface area contributed by atoms with Crippen LogP contribution in [0.15, 0.2) is 41.4 Å². The summed E-state index contributed by atoms with van der Waals surface area (Å²) in [6.07, 6.45) is 9.16. The van der Waals surface area contributed by atoms with Gasteiger partial charge in [-0.25, -0.2) is 9.97 Å². The molecule has 28 heavy (non-hydrogen) atoms. The zero-order chi connectivity index (χ0) is 19.2. The molecule has 0 saturated heterocycles. The molecule has 0 spiro atoms. The van der Waals surface area contributed by atoms with Crippen LogP contribution in [0, 0.1) is 0 Å². The fourth-order valence-electron chi connectivity index (χ4n) is 3.26. The predicted molar refractivity (Wildman–Crippen MR) is 123 cm³/mol. The molecular weight excluding hydrogens is 404 g/mol. The maximum atomic E-state index is 6.16. The van der Waals surface area contributed by atoms with Crippen LogP contribution in [0.5, 0.6) is 5.88 Å². The van der Waals surface area contributed by atoms with E-state index in [9.17, 15) is 0 Å². The van der Waals surface area contributed by atoms with Gasteiger partial charge in [-0.15, -0.1) is 34.0 Å². The summed E-state index contributed by atoms with van der Waals surface area (Å²) in [4.78, 5) is 14.1. The van der Waals surface area contributed by atoms with Crippen LogP contribution in [0.2, 0.25) is 0 Å². The lowest BCUT2D eigenvalue weighted by Crippen LogP contribution is -2.00. The standard InChI is InChI=1S/C22H24N2OS3/c1-2-3-4-5-6-7-12-25-22-18-19(23-15-24-22)21(17-11-9-14-27-17)28-20(18)16-10-8-13-26-16/h8-11,13-15H,2-7,12H2,1H3. The van der Waals surface area contributed by atoms with Crippen molar-refractivity contribution in [2.24, 2.45) is 0 Å². The highest BCUT2D eigenvalue weighted by Crippen LogP contribution is 2.48. The molecule has 6 heteroatoms. The minimum Gasteiger partial charge on any atom is -0.477 e. The van der Waals surface area contributed by atoms with Crippen LogP contribution in [0.4, 0.5) is 0 Å². The molecule has 0 aliphatic heterocycles. The van der Waals surface area contributed by atoms with Gasteiger partial charge in [-0.1, -0.05) is 51.2 Å². The monoisotopic (exact) mass is 428 g/mol. The molecule has 4 rings (SSSR count). The Kier molecular flexibility index (Phi) is 6.73. The Balaban J connectivity index is 1.60. The Bertz CT molecular complexity index is 991. The molecule has 0 N–H and O–H groups in total. The SMILES string of the molecule is CCCCCCCCOc1ncnc2c(-c3cccs3)sc(-c3cccs3)c12. The van der Waals surface area contributed by atoms with Crippen molar-refractivity contribution in [3.63, 3.8) is 0 Å². The molecule has 0 unspecified atom stereocenters. The summed E-state index contributed by atoms with van der Waals surface area (Å²) in [5, 5.41) is 5.29. The summed E-state index contributed by atoms with van der Waals surface area (Å²) in [5.74, 6) is 0.723. The molecule has 4 aromatic heterocycles. The smallest absolute Gasteiger partial charge is 0.226 e. The molecule has 3 nitrogen and oxygen atoms in total. The van der Waals surface area contributed by atoms with E-state index in [0.717, 1.165) is 23.2 Å². The molecule has 0 radical (unpaired) electrons. The molecule has 0 bridgehead atoms. The third-order valence-electron chi connectivity index (χ3n) is 4.69. The molecular formula is C22H24N2OS3. The molecule has 146 valence electrons. The highest BCUT2D eigenvalue weighted by atomic mass is 32.1. The van der Waals surface area contributed by atoms with Crippen molar-refractivity contribution >= 4 is 44.9 Å². The normalized spacial score (nSPS) is 11.3. The van der Waals surface area contributed by atoms with Gasteiger partial charge in [0.15, 0.2) is 0 Å². The van der Waals surface area contributed by atoms with Gasteiger partial charge in [-0.3, -0.25) is 0 Å². The number of thiophene rings is 3. The minimum atomic E-state index is 0.715. The lowest BCUT2D eigenvalue weighted by Gasteiger charge is -2.07. The van der Waals surface area contributed by atoms with E-state index in [4.69, 9.17) is 4.74 Å². The highest BCUT2D eigenvalue weighted by molar-refractivity contribution is 7.27. The van der Waals surface area contributed by atoms with Crippen LogP contribution in [0.1, 0.15) is 45.4 Å². The number of nitrogens with zero attached hydrogens (tertiary/aromatic N) is 2. The van der Waals surface area contributed by atoms with E-state index in [1.54, 1.807) is 40.3 Å². The molecule has 4 aromatic rings. The average Bonchev–Trinajstić information content (AvgIpc) is 3.46. The van der Waals surface area contributed by atoms with Crippen LogP contribution < -0.4 is 4.74 Å². The lowest BCUT2D eigenvalue weighted by molar-refractivity contribution is 0.297. The first-order valence-corrected chi connectivity index (χ1v) is 12.4. The first kappa shape index (κ1) is 19.6. The van der Waals surface area contributed by atoms with E-state index in [1.807, 2.05) is 0 Å². The van der Waals surface area contributed by atoms with Gasteiger partial charge in [0.1, 0.15) is 6.33 Å². The van der Waals surface area contributed by atoms with Crippen molar-refractivity contribution in [2.75, 3.05) is 6.61 Å². The summed E-state index contributed by atoms with van der Waals surface area (Å²) < 4.78 is 6.16. The van der Waals surface area contributed by atoms with Gasteiger partial charge >= 0.3 is 0 Å². The second-order valence-electron chi connectivity index (χ2n) is 6.73. The highest BCUT2D eigenvalue weighted by Gasteiger charge is 2.21. The zero-order valence-electron chi connectivity index (χ0n) is 16.0. The minimum absolute atomic E-state index is 0.715. The Labute approximate surface area is 178 Å². The summed E-state index contributed by atoms with van der Waals surface area (Å²) in [5.41, 5.74) is 1.00. The van der Waals surface area contributed by atoms with E-state index < -0.39 is 0 Å². The number of hydrogen-bond acceptors (Lipinski definition) is 6. The van der Waals surface area contributed by atoms with Crippen LogP contribution in [0.3, 0.4) is 0 Å². The average molecular weight is 429 g/mol. The van der Waals surface area contributed by atoms with Gasteiger partial charge in [-0.2, -0.15) is 0 Å². The second-order valence-corrected chi connectivity index (χ2v) is 9.65. The van der Waals surface area contributed by atoms with Gasteiger partial charge in [0.2, 0.25) is 5.88 Å². The van der Waals surface area contributed by atoms with E-state index in [-0.39, 0.29) is 0 Å². The Hall–Kier alpha value is -1.76. The van der Waals surface area contributed by atoms with Crippen molar-refractivity contribution in [1.82, 2.24) is 9.97 Å². The summed E-state index contributed by atoms with van der Waals surface area (Å²) in [6.45, 7) is 2.96. The molecule has 0 saturated carbocycles. The van der Waals surface area contributed by atoms with Crippen LogP contribution >= 0.6 is 34.0 Å². The van der Waals surface area contributed by atoms with Gasteiger partial charge in [0, 0.05) is 9.75 Å². The van der Waals surface area contributed by atoms with E-state index in [2.05, 4.69) is 51.9 Å². The van der Waals surface area contributed by atoms with Crippen LogP contribution in [0.25, 0.3) is 30.4 Å². The van der Waals surface area contributed by atoms with E-state index in [0.29, 0.717) is 6.61 Å². The van der Waals surface area contributed by atoms with Gasteiger partial charge in [-0.05, 0) is 29.3 Å². The quantitative estimate of drug-likeness (QED) is 0.241. The fraction of sp³-hybridized carbons (Fsp3) is 0.364. The van der Waals surface area contributed by atoms with E-state index >= 15 is 0 Å². The molecule has 0 fully saturated rings. The maximum absolute atomic E-state index is 6.16. The molecule has 4 heterocycles. The summed E-state index contributed by atoms with van der Waals surface area (Å²) in [7, 11) is 0. The lowest BCUT2D eigenvalue weighted by atomic mass is 10.1. The number of aromatic nitrogens is 2. The molecule has 0 amide bonds. The third kappa shape index (κ3) is 4.29. The van der Waals surface area contributed by atoms with Crippen LogP contribution in [-0.2, 0) is 0 Å². The summed E-state index contributed by atoms with van der Waals surface area (Å²) >= 11 is 5.30. The Morgan fingerprint density at radius 2 is 1.57 bits per heavy atom. The van der Waals surface area contributed by atoms with Crippen molar-refractivity contribution in [2.45, 2.75) is 45.4 Å². The van der Waals surface area contributed by atoms with Crippen LogP contribution in [-0.4, -0.2) is 16.6 Å². The number of ether oxygens (including phenoxy) is 1. The molecule has 0 atom stereocenters. The van der Waals surface area contributed by atoms with Gasteiger partial charge < -0.3 is 4.74 Å². The van der Waals surface area contributed by atoms with Crippen molar-refractivity contribution in [3.8, 4) is 25.4 Å². The third-order valence-corrected chi connectivity index (χ3v) is 7.96. The van der Waals surface area contributed by atoms with Crippen molar-refractivity contribution in [3.05, 3.63) is 41.4 Å². The predicted octanol–water partition coefficient (Wildman–Crippen LogP) is 7.89. The topological polar surface area (TPSA) is 35.0 Å². The Morgan fingerprint density at radius 1 is 0.857 bits per heavy atom. The maximum Gasteiger partial charge on any atom is 0.226 e. The van der Waals surface area contributed by atoms with Crippen molar-refractivity contribution in [1.29, 1.82) is 0 Å². The molecule has 0 aromatic carbocycles. The van der Waals surface area contributed by atoms with E-state index in [1.165, 1.54) is 51.6 Å². The number of rotatable bonds is 10. The fourth-order valence-corrected chi connectivity index (χ4v) is 6.22. The zero-order valence-corrected chi connectivity index (χ0v) is 18.5. The Morgan fingerprint density at radius 3 is 2.29 bits per heavy atom. The second kappa shape index (κ2) is 9.63.